The molecule has 17 heavy (non-hydrogen) atoms. The van der Waals surface area contributed by atoms with Gasteiger partial charge in [-0.15, -0.1) is 11.3 Å². The summed E-state index contributed by atoms with van der Waals surface area (Å²) in [6.45, 7) is 6.21. The number of carbonyl (C=O) groups is 1. The zero-order valence-electron chi connectivity index (χ0n) is 10.2. The van der Waals surface area contributed by atoms with Crippen LogP contribution in [0, 0.1) is 6.92 Å². The highest BCUT2D eigenvalue weighted by Crippen LogP contribution is 2.28. The second kappa shape index (κ2) is 4.80. The molecule has 3 heteroatoms. The Hall–Kier alpha value is -1.48. The monoisotopic (exact) mass is 245 g/mol. The second-order valence-corrected chi connectivity index (χ2v) is 5.39. The highest BCUT2D eigenvalue weighted by molar-refractivity contribution is 7.16. The molecular formula is C14H15NOS. The lowest BCUT2D eigenvalue weighted by Gasteiger charge is -2.05. The molecule has 1 aromatic carbocycles. The van der Waals surface area contributed by atoms with E-state index in [9.17, 15) is 4.79 Å². The van der Waals surface area contributed by atoms with E-state index < -0.39 is 0 Å². The molecule has 0 fully saturated rings. The van der Waals surface area contributed by atoms with Crippen LogP contribution in [0.15, 0.2) is 24.3 Å². The minimum Gasteiger partial charge on any atom is -0.297 e. The molecule has 0 atom stereocenters. The van der Waals surface area contributed by atoms with Crippen LogP contribution in [0.2, 0.25) is 0 Å². The van der Waals surface area contributed by atoms with Gasteiger partial charge in [-0.1, -0.05) is 38.1 Å². The zero-order chi connectivity index (χ0) is 12.4. The van der Waals surface area contributed by atoms with Crippen molar-refractivity contribution in [3.63, 3.8) is 0 Å². The first kappa shape index (κ1) is 12.0. The maximum Gasteiger partial charge on any atom is 0.161 e. The average molecular weight is 245 g/mol. The minimum atomic E-state index is 0.535. The van der Waals surface area contributed by atoms with Crippen molar-refractivity contribution in [1.29, 1.82) is 0 Å². The third kappa shape index (κ3) is 2.44. The highest BCUT2D eigenvalue weighted by Gasteiger charge is 2.08. The van der Waals surface area contributed by atoms with E-state index in [2.05, 4.69) is 43.1 Å². The molecule has 1 aromatic heterocycles. The van der Waals surface area contributed by atoms with E-state index in [0.717, 1.165) is 22.6 Å². The van der Waals surface area contributed by atoms with E-state index in [1.807, 2.05) is 6.92 Å². The Morgan fingerprint density at radius 2 is 1.88 bits per heavy atom. The average Bonchev–Trinajstić information content (AvgIpc) is 2.70. The molecule has 1 heterocycles. The molecule has 0 aliphatic rings. The number of aryl methyl sites for hydroxylation is 1. The van der Waals surface area contributed by atoms with Gasteiger partial charge in [0.2, 0.25) is 0 Å². The number of benzene rings is 1. The summed E-state index contributed by atoms with van der Waals surface area (Å²) in [5, 5.41) is 0.917. The molecule has 0 N–H and O–H groups in total. The molecule has 2 nitrogen and oxygen atoms in total. The van der Waals surface area contributed by atoms with Crippen molar-refractivity contribution in [2.75, 3.05) is 0 Å². The maximum atomic E-state index is 10.8. The van der Waals surface area contributed by atoms with Crippen LogP contribution in [0.3, 0.4) is 0 Å². The summed E-state index contributed by atoms with van der Waals surface area (Å²) in [6, 6.07) is 8.39. The van der Waals surface area contributed by atoms with E-state index in [0.29, 0.717) is 10.8 Å². The Bertz CT molecular complexity index is 526. The van der Waals surface area contributed by atoms with Gasteiger partial charge in [0, 0.05) is 5.56 Å². The number of rotatable bonds is 3. The molecule has 2 aromatic rings. The lowest BCUT2D eigenvalue weighted by Crippen LogP contribution is -1.86. The van der Waals surface area contributed by atoms with Gasteiger partial charge in [0.05, 0.1) is 10.6 Å². The van der Waals surface area contributed by atoms with Crippen LogP contribution < -0.4 is 0 Å². The molecular weight excluding hydrogens is 230 g/mol. The first-order valence-corrected chi connectivity index (χ1v) is 6.46. The predicted octanol–water partition coefficient (Wildman–Crippen LogP) is 4.05. The molecule has 0 spiro atoms. The molecule has 88 valence electrons. The SMILES string of the molecule is Cc1nc(-c2ccc(C(C)C)cc2)sc1C=O. The van der Waals surface area contributed by atoms with Crippen LogP contribution >= 0.6 is 11.3 Å². The van der Waals surface area contributed by atoms with Crippen molar-refractivity contribution in [3.8, 4) is 10.6 Å². The standard InChI is InChI=1S/C14H15NOS/c1-9(2)11-4-6-12(7-5-11)14-15-10(3)13(8-16)17-14/h4-9H,1-3H3. The lowest BCUT2D eigenvalue weighted by atomic mass is 10.0. The maximum absolute atomic E-state index is 10.8. The molecule has 0 amide bonds. The van der Waals surface area contributed by atoms with Crippen molar-refractivity contribution in [2.45, 2.75) is 26.7 Å². The summed E-state index contributed by atoms with van der Waals surface area (Å²) in [4.78, 5) is 15.9. The van der Waals surface area contributed by atoms with Crippen molar-refractivity contribution < 1.29 is 4.79 Å². The van der Waals surface area contributed by atoms with Gasteiger partial charge in [-0.05, 0) is 18.4 Å². The van der Waals surface area contributed by atoms with Crippen LogP contribution in [0.4, 0.5) is 0 Å². The third-order valence-corrected chi connectivity index (χ3v) is 3.90. The minimum absolute atomic E-state index is 0.535. The van der Waals surface area contributed by atoms with Crippen LogP contribution in [-0.2, 0) is 0 Å². The predicted molar refractivity (Wildman–Crippen MR) is 71.8 cm³/mol. The Morgan fingerprint density at radius 3 is 2.35 bits per heavy atom. The summed E-state index contributed by atoms with van der Waals surface area (Å²) in [6.07, 6.45) is 0.874. The Balaban J connectivity index is 2.36. The topological polar surface area (TPSA) is 30.0 Å². The Labute approximate surface area is 105 Å². The highest BCUT2D eigenvalue weighted by atomic mass is 32.1. The first-order valence-electron chi connectivity index (χ1n) is 5.64. The van der Waals surface area contributed by atoms with E-state index in [-0.39, 0.29) is 0 Å². The molecule has 0 aliphatic carbocycles. The fraction of sp³-hybridized carbons (Fsp3) is 0.286. The number of carbonyl (C=O) groups excluding carboxylic acids is 1. The van der Waals surface area contributed by atoms with Crippen molar-refractivity contribution in [1.82, 2.24) is 4.98 Å². The van der Waals surface area contributed by atoms with E-state index >= 15 is 0 Å². The van der Waals surface area contributed by atoms with Gasteiger partial charge in [0.1, 0.15) is 5.01 Å². The van der Waals surface area contributed by atoms with Crippen LogP contribution in [0.25, 0.3) is 10.6 Å². The number of nitrogens with zero attached hydrogens (tertiary/aromatic N) is 1. The summed E-state index contributed by atoms with van der Waals surface area (Å²) >= 11 is 1.45. The smallest absolute Gasteiger partial charge is 0.161 e. The van der Waals surface area contributed by atoms with Gasteiger partial charge in [-0.2, -0.15) is 0 Å². The molecule has 0 saturated heterocycles. The fourth-order valence-electron chi connectivity index (χ4n) is 1.65. The van der Waals surface area contributed by atoms with Gasteiger partial charge in [-0.25, -0.2) is 4.98 Å². The first-order chi connectivity index (χ1) is 8.11. The van der Waals surface area contributed by atoms with Crippen LogP contribution in [0.1, 0.15) is 40.7 Å². The molecule has 0 bridgehead atoms. The van der Waals surface area contributed by atoms with Gasteiger partial charge in [0.15, 0.2) is 6.29 Å². The van der Waals surface area contributed by atoms with Gasteiger partial charge >= 0.3 is 0 Å². The number of aromatic nitrogens is 1. The normalized spacial score (nSPS) is 10.8. The van der Waals surface area contributed by atoms with Crippen LogP contribution in [0.5, 0.6) is 0 Å². The molecule has 0 radical (unpaired) electrons. The molecule has 2 rings (SSSR count). The third-order valence-electron chi connectivity index (χ3n) is 2.76. The Kier molecular flexibility index (Phi) is 3.38. The number of hydrogen-bond donors (Lipinski definition) is 0. The number of hydrogen-bond acceptors (Lipinski definition) is 3. The number of aldehydes is 1. The van der Waals surface area contributed by atoms with Gasteiger partial charge < -0.3 is 0 Å². The quantitative estimate of drug-likeness (QED) is 0.763. The van der Waals surface area contributed by atoms with E-state index in [1.54, 1.807) is 0 Å². The molecule has 0 aliphatic heterocycles. The zero-order valence-corrected chi connectivity index (χ0v) is 11.0. The van der Waals surface area contributed by atoms with Crippen LogP contribution in [-0.4, -0.2) is 11.3 Å². The number of thiazole rings is 1. The van der Waals surface area contributed by atoms with Crippen molar-refractivity contribution in [3.05, 3.63) is 40.4 Å². The largest absolute Gasteiger partial charge is 0.297 e. The summed E-state index contributed by atoms with van der Waals surface area (Å²) in [5.74, 6) is 0.535. The summed E-state index contributed by atoms with van der Waals surface area (Å²) < 4.78 is 0. The Morgan fingerprint density at radius 1 is 1.24 bits per heavy atom. The van der Waals surface area contributed by atoms with Crippen molar-refractivity contribution in [2.24, 2.45) is 0 Å². The fourth-order valence-corrected chi connectivity index (χ4v) is 2.54. The van der Waals surface area contributed by atoms with E-state index in [1.165, 1.54) is 16.9 Å². The summed E-state index contributed by atoms with van der Waals surface area (Å²) in [5.41, 5.74) is 3.21. The second-order valence-electron chi connectivity index (χ2n) is 4.36. The molecule has 0 saturated carbocycles. The van der Waals surface area contributed by atoms with Gasteiger partial charge in [0.25, 0.3) is 0 Å². The van der Waals surface area contributed by atoms with E-state index in [4.69, 9.17) is 0 Å². The lowest BCUT2D eigenvalue weighted by molar-refractivity contribution is 0.112. The summed E-state index contributed by atoms with van der Waals surface area (Å²) in [7, 11) is 0. The van der Waals surface area contributed by atoms with Crippen molar-refractivity contribution >= 4 is 17.6 Å². The van der Waals surface area contributed by atoms with Gasteiger partial charge in [-0.3, -0.25) is 4.79 Å². The molecule has 0 unspecified atom stereocenters.